The van der Waals surface area contributed by atoms with Gasteiger partial charge in [-0.05, 0) is 62.4 Å². The van der Waals surface area contributed by atoms with Crippen LogP contribution in [-0.4, -0.2) is 69.0 Å². The molecule has 2 heterocycles. The summed E-state index contributed by atoms with van der Waals surface area (Å²) >= 11 is 6.57. The maximum absolute atomic E-state index is 6.57. The van der Waals surface area contributed by atoms with Crippen LogP contribution in [0.3, 0.4) is 0 Å². The van der Waals surface area contributed by atoms with E-state index in [1.54, 1.807) is 7.11 Å². The summed E-state index contributed by atoms with van der Waals surface area (Å²) in [5.74, 6) is 2.18. The van der Waals surface area contributed by atoms with E-state index >= 15 is 0 Å². The molecule has 2 saturated heterocycles. The number of nitrogens with zero attached hydrogens (tertiary/aromatic N) is 2. The van der Waals surface area contributed by atoms with Crippen LogP contribution in [0.25, 0.3) is 0 Å². The molecule has 1 aliphatic carbocycles. The highest BCUT2D eigenvalue weighted by molar-refractivity contribution is 6.32. The summed E-state index contributed by atoms with van der Waals surface area (Å²) in [5.41, 5.74) is 1.20. The maximum Gasteiger partial charge on any atom is 0.180 e. The molecule has 166 valence electrons. The van der Waals surface area contributed by atoms with Crippen molar-refractivity contribution in [2.24, 2.45) is 5.92 Å². The fraction of sp³-hybridized carbons (Fsp3) is 0.714. The largest absolute Gasteiger partial charge is 0.493 e. The number of ether oxygens (including phenoxy) is 3. The molecule has 0 spiro atoms. The van der Waals surface area contributed by atoms with Crippen molar-refractivity contribution in [1.29, 1.82) is 0 Å². The first kappa shape index (κ1) is 24.8. The number of morpholine rings is 1. The Labute approximate surface area is 191 Å². The fourth-order valence-electron chi connectivity index (χ4n) is 4.41. The van der Waals surface area contributed by atoms with E-state index in [0.29, 0.717) is 16.7 Å². The molecular formula is C21H33Cl3N2O3. The van der Waals surface area contributed by atoms with Gasteiger partial charge in [0.2, 0.25) is 0 Å². The smallest absolute Gasteiger partial charge is 0.180 e. The van der Waals surface area contributed by atoms with E-state index in [1.807, 2.05) is 6.07 Å². The van der Waals surface area contributed by atoms with Crippen LogP contribution < -0.4 is 9.47 Å². The molecular weight excluding hydrogens is 435 g/mol. The lowest BCUT2D eigenvalue weighted by Gasteiger charge is -2.39. The number of likely N-dealkylation sites (tertiary alicyclic amines) is 1. The number of benzene rings is 1. The summed E-state index contributed by atoms with van der Waals surface area (Å²) in [6.45, 7) is 8.27. The molecule has 1 aromatic rings. The minimum absolute atomic E-state index is 0. The molecule has 0 bridgehead atoms. The van der Waals surface area contributed by atoms with Crippen molar-refractivity contribution in [2.75, 3.05) is 53.0 Å². The Kier molecular flexibility index (Phi) is 10.1. The van der Waals surface area contributed by atoms with E-state index in [0.717, 1.165) is 58.0 Å². The summed E-state index contributed by atoms with van der Waals surface area (Å²) in [6.07, 6.45) is 5.00. The first-order valence-corrected chi connectivity index (χ1v) is 10.6. The lowest BCUT2D eigenvalue weighted by molar-refractivity contribution is -0.000399. The second kappa shape index (κ2) is 11.8. The van der Waals surface area contributed by atoms with Crippen molar-refractivity contribution in [3.8, 4) is 11.5 Å². The number of halogens is 3. The molecule has 1 saturated carbocycles. The van der Waals surface area contributed by atoms with Crippen LogP contribution in [0.1, 0.15) is 31.2 Å². The zero-order valence-electron chi connectivity index (χ0n) is 17.1. The molecule has 4 rings (SSSR count). The van der Waals surface area contributed by atoms with Gasteiger partial charge in [-0.3, -0.25) is 9.80 Å². The third-order valence-corrected chi connectivity index (χ3v) is 6.27. The first-order chi connectivity index (χ1) is 13.2. The molecule has 0 atom stereocenters. The molecule has 3 fully saturated rings. The third kappa shape index (κ3) is 6.52. The van der Waals surface area contributed by atoms with Crippen LogP contribution in [-0.2, 0) is 11.3 Å². The molecule has 2 aliphatic heterocycles. The zero-order chi connectivity index (χ0) is 18.6. The van der Waals surface area contributed by atoms with Gasteiger partial charge in [-0.1, -0.05) is 11.6 Å². The van der Waals surface area contributed by atoms with Crippen LogP contribution in [0.15, 0.2) is 12.1 Å². The molecule has 29 heavy (non-hydrogen) atoms. The molecule has 0 radical (unpaired) electrons. The van der Waals surface area contributed by atoms with E-state index in [1.165, 1.54) is 31.5 Å². The minimum atomic E-state index is 0. The molecule has 0 N–H and O–H groups in total. The van der Waals surface area contributed by atoms with E-state index in [2.05, 4.69) is 15.9 Å². The fourth-order valence-corrected chi connectivity index (χ4v) is 4.69. The van der Waals surface area contributed by atoms with Crippen molar-refractivity contribution >= 4 is 36.4 Å². The van der Waals surface area contributed by atoms with E-state index in [9.17, 15) is 0 Å². The highest BCUT2D eigenvalue weighted by atomic mass is 35.5. The van der Waals surface area contributed by atoms with Gasteiger partial charge in [-0.2, -0.15) is 0 Å². The molecule has 8 heteroatoms. The molecule has 5 nitrogen and oxygen atoms in total. The van der Waals surface area contributed by atoms with E-state index in [4.69, 9.17) is 25.8 Å². The second-order valence-electron chi connectivity index (χ2n) is 8.08. The summed E-state index contributed by atoms with van der Waals surface area (Å²) < 4.78 is 17.3. The second-order valence-corrected chi connectivity index (χ2v) is 8.49. The lowest BCUT2D eigenvalue weighted by Crippen LogP contribution is -2.45. The number of hydrogen-bond donors (Lipinski definition) is 0. The predicted molar refractivity (Wildman–Crippen MR) is 121 cm³/mol. The van der Waals surface area contributed by atoms with Crippen LogP contribution in [0.2, 0.25) is 5.02 Å². The van der Waals surface area contributed by atoms with Gasteiger partial charge in [0, 0.05) is 26.2 Å². The van der Waals surface area contributed by atoms with E-state index in [-0.39, 0.29) is 30.9 Å². The number of methoxy groups -OCH3 is 1. The summed E-state index contributed by atoms with van der Waals surface area (Å²) in [6, 6.07) is 4.13. The number of hydrogen-bond acceptors (Lipinski definition) is 5. The number of rotatable bonds is 7. The summed E-state index contributed by atoms with van der Waals surface area (Å²) in [4.78, 5) is 4.97. The van der Waals surface area contributed by atoms with Gasteiger partial charge in [0.05, 0.1) is 31.5 Å². The maximum atomic E-state index is 6.57. The van der Waals surface area contributed by atoms with Crippen LogP contribution in [0.4, 0.5) is 0 Å². The van der Waals surface area contributed by atoms with Gasteiger partial charge in [0.15, 0.2) is 11.5 Å². The van der Waals surface area contributed by atoms with Crippen molar-refractivity contribution in [3.05, 3.63) is 22.7 Å². The third-order valence-electron chi connectivity index (χ3n) is 5.99. The highest BCUT2D eigenvalue weighted by Gasteiger charge is 2.33. The van der Waals surface area contributed by atoms with Crippen LogP contribution in [0, 0.1) is 5.92 Å². The van der Waals surface area contributed by atoms with E-state index < -0.39 is 0 Å². The Morgan fingerprint density at radius 2 is 1.72 bits per heavy atom. The lowest BCUT2D eigenvalue weighted by atomic mass is 9.81. The van der Waals surface area contributed by atoms with Gasteiger partial charge >= 0.3 is 0 Å². The van der Waals surface area contributed by atoms with Gasteiger partial charge in [-0.25, -0.2) is 0 Å². The van der Waals surface area contributed by atoms with Crippen LogP contribution >= 0.6 is 36.4 Å². The molecule has 0 unspecified atom stereocenters. The van der Waals surface area contributed by atoms with Gasteiger partial charge in [-0.15, -0.1) is 24.8 Å². The minimum Gasteiger partial charge on any atom is -0.493 e. The Bertz CT molecular complexity index is 632. The Morgan fingerprint density at radius 1 is 1.03 bits per heavy atom. The average Bonchev–Trinajstić information content (AvgIpc) is 3.15. The van der Waals surface area contributed by atoms with Gasteiger partial charge in [0.25, 0.3) is 0 Å². The Hall–Kier alpha value is -0.430. The summed E-state index contributed by atoms with van der Waals surface area (Å²) in [5, 5.41) is 0.667. The first-order valence-electron chi connectivity index (χ1n) is 10.3. The Balaban J connectivity index is 0.00000150. The zero-order valence-corrected chi connectivity index (χ0v) is 19.5. The predicted octanol–water partition coefficient (Wildman–Crippen LogP) is 4.28. The average molecular weight is 468 g/mol. The highest BCUT2D eigenvalue weighted by Crippen LogP contribution is 2.41. The monoisotopic (exact) mass is 466 g/mol. The summed E-state index contributed by atoms with van der Waals surface area (Å²) in [7, 11) is 1.69. The molecule has 1 aromatic carbocycles. The van der Waals surface area contributed by atoms with Crippen molar-refractivity contribution < 1.29 is 14.2 Å². The van der Waals surface area contributed by atoms with Crippen molar-refractivity contribution in [1.82, 2.24) is 9.80 Å². The van der Waals surface area contributed by atoms with Gasteiger partial charge < -0.3 is 14.2 Å². The van der Waals surface area contributed by atoms with Crippen molar-refractivity contribution in [2.45, 2.75) is 38.3 Å². The molecule has 3 aliphatic rings. The molecule has 0 amide bonds. The Morgan fingerprint density at radius 3 is 2.38 bits per heavy atom. The van der Waals surface area contributed by atoms with Crippen molar-refractivity contribution in [3.63, 3.8) is 0 Å². The normalized spacial score (nSPS) is 24.9. The topological polar surface area (TPSA) is 34.2 Å². The molecule has 0 aromatic heterocycles. The quantitative estimate of drug-likeness (QED) is 0.598. The van der Waals surface area contributed by atoms with Gasteiger partial charge in [0.1, 0.15) is 0 Å². The SMILES string of the molecule is COc1cc(CN2CCCC2)cc(Cl)c1O[C@H]1C[C@H](CN2CCOCC2)C1.Cl.Cl. The van der Waals surface area contributed by atoms with Crippen LogP contribution in [0.5, 0.6) is 11.5 Å². The standard InChI is InChI=1S/C21H31ClN2O3.2ClH/c1-25-20-13-17(15-23-4-2-3-5-23)12-19(22)21(20)27-18-10-16(11-18)14-24-6-8-26-9-7-24;;/h12-13,16,18H,2-11,14-15H2,1H3;2*1H/t16-,18-;;.